The summed E-state index contributed by atoms with van der Waals surface area (Å²) in [5.74, 6) is -1.28. The van der Waals surface area contributed by atoms with Crippen LogP contribution in [0.3, 0.4) is 0 Å². The lowest BCUT2D eigenvalue weighted by Gasteiger charge is -2.41. The number of hydrogen-bond donors (Lipinski definition) is 2. The molecule has 0 amide bonds. The number of rotatable bonds is 6. The Balaban J connectivity index is 2.25. The maximum Gasteiger partial charge on any atom is 0.342 e. The highest BCUT2D eigenvalue weighted by molar-refractivity contribution is 5.95. The average molecular weight is 278 g/mol. The lowest BCUT2D eigenvalue weighted by atomic mass is 9.67. The van der Waals surface area contributed by atoms with Gasteiger partial charge in [0.25, 0.3) is 0 Å². The molecule has 20 heavy (non-hydrogen) atoms. The van der Waals surface area contributed by atoms with Crippen molar-refractivity contribution >= 4 is 17.3 Å². The van der Waals surface area contributed by atoms with Gasteiger partial charge in [-0.05, 0) is 36.8 Å². The first-order chi connectivity index (χ1) is 9.49. The van der Waals surface area contributed by atoms with Crippen LogP contribution in [0.4, 0.5) is 11.4 Å². The number of nitro groups is 1. The number of nitrogens with zero attached hydrogens (tertiary/aromatic N) is 1. The highest BCUT2D eigenvalue weighted by Gasteiger charge is 2.35. The second-order valence-electron chi connectivity index (χ2n) is 5.32. The Kier molecular flexibility index (Phi) is 3.92. The van der Waals surface area contributed by atoms with Crippen LogP contribution in [0.15, 0.2) is 18.2 Å². The summed E-state index contributed by atoms with van der Waals surface area (Å²) in [6.45, 7) is 2.76. The van der Waals surface area contributed by atoms with Crippen molar-refractivity contribution in [2.75, 3.05) is 11.9 Å². The van der Waals surface area contributed by atoms with Crippen molar-refractivity contribution in [2.24, 2.45) is 5.41 Å². The van der Waals surface area contributed by atoms with Crippen LogP contribution in [0, 0.1) is 15.5 Å². The summed E-state index contributed by atoms with van der Waals surface area (Å²) in [5, 5.41) is 23.2. The van der Waals surface area contributed by atoms with Crippen molar-refractivity contribution in [1.29, 1.82) is 0 Å². The Morgan fingerprint density at radius 3 is 2.65 bits per heavy atom. The van der Waals surface area contributed by atoms with E-state index in [2.05, 4.69) is 12.2 Å². The highest BCUT2D eigenvalue weighted by atomic mass is 16.6. The predicted molar refractivity (Wildman–Crippen MR) is 75.1 cm³/mol. The van der Waals surface area contributed by atoms with Crippen LogP contribution in [0.5, 0.6) is 0 Å². The Morgan fingerprint density at radius 1 is 1.50 bits per heavy atom. The predicted octanol–water partition coefficient (Wildman–Crippen LogP) is 3.29. The SMILES string of the molecule is CCC1(CNc2cccc(C(=O)O)c2[N+](=O)[O-])CCC1. The van der Waals surface area contributed by atoms with E-state index in [1.165, 1.54) is 18.6 Å². The molecule has 1 aromatic carbocycles. The van der Waals surface area contributed by atoms with E-state index in [9.17, 15) is 14.9 Å². The topological polar surface area (TPSA) is 92.5 Å². The van der Waals surface area contributed by atoms with Crippen molar-refractivity contribution in [3.05, 3.63) is 33.9 Å². The van der Waals surface area contributed by atoms with Crippen molar-refractivity contribution in [1.82, 2.24) is 0 Å². The van der Waals surface area contributed by atoms with Gasteiger partial charge in [0.15, 0.2) is 0 Å². The number of nitrogens with one attached hydrogen (secondary N) is 1. The third kappa shape index (κ3) is 2.59. The summed E-state index contributed by atoms with van der Waals surface area (Å²) < 4.78 is 0. The molecule has 1 aliphatic carbocycles. The monoisotopic (exact) mass is 278 g/mol. The largest absolute Gasteiger partial charge is 0.477 e. The molecule has 108 valence electrons. The van der Waals surface area contributed by atoms with E-state index in [4.69, 9.17) is 5.11 Å². The van der Waals surface area contributed by atoms with Gasteiger partial charge in [-0.15, -0.1) is 0 Å². The fraction of sp³-hybridized carbons (Fsp3) is 0.500. The first-order valence-corrected chi connectivity index (χ1v) is 6.74. The minimum atomic E-state index is -1.28. The molecule has 1 fully saturated rings. The van der Waals surface area contributed by atoms with Crippen molar-refractivity contribution in [3.63, 3.8) is 0 Å². The maximum atomic E-state index is 11.1. The number of nitro benzene ring substituents is 1. The molecule has 0 atom stereocenters. The van der Waals surface area contributed by atoms with Crippen LogP contribution in [0.25, 0.3) is 0 Å². The van der Waals surface area contributed by atoms with Gasteiger partial charge in [0.05, 0.1) is 4.92 Å². The summed E-state index contributed by atoms with van der Waals surface area (Å²) in [7, 11) is 0. The van der Waals surface area contributed by atoms with E-state index in [-0.39, 0.29) is 22.4 Å². The number of aromatic carboxylic acids is 1. The molecule has 0 spiro atoms. The molecule has 6 heteroatoms. The fourth-order valence-electron chi connectivity index (χ4n) is 2.67. The van der Waals surface area contributed by atoms with Crippen molar-refractivity contribution < 1.29 is 14.8 Å². The standard InChI is InChI=1S/C14H18N2O4/c1-2-14(7-4-8-14)9-15-11-6-3-5-10(13(17)18)12(11)16(19)20/h3,5-6,15H,2,4,7-9H2,1H3,(H,17,18). The smallest absolute Gasteiger partial charge is 0.342 e. The van der Waals surface area contributed by atoms with Crippen LogP contribution >= 0.6 is 0 Å². The lowest BCUT2D eigenvalue weighted by molar-refractivity contribution is -0.384. The zero-order valence-corrected chi connectivity index (χ0v) is 11.4. The number of para-hydroxylation sites is 1. The molecule has 1 aliphatic rings. The van der Waals surface area contributed by atoms with Gasteiger partial charge in [0, 0.05) is 6.54 Å². The molecule has 0 unspecified atom stereocenters. The molecule has 0 heterocycles. The average Bonchev–Trinajstić information content (AvgIpc) is 2.37. The van der Waals surface area contributed by atoms with Crippen LogP contribution in [0.2, 0.25) is 0 Å². The Bertz CT molecular complexity index is 532. The number of hydrogen-bond acceptors (Lipinski definition) is 4. The van der Waals surface area contributed by atoms with Gasteiger partial charge < -0.3 is 10.4 Å². The third-order valence-corrected chi connectivity index (χ3v) is 4.27. The maximum absolute atomic E-state index is 11.1. The Hall–Kier alpha value is -2.11. The molecule has 0 aliphatic heterocycles. The summed E-state index contributed by atoms with van der Waals surface area (Å²) >= 11 is 0. The zero-order valence-electron chi connectivity index (χ0n) is 11.4. The van der Waals surface area contributed by atoms with E-state index in [1.807, 2.05) is 0 Å². The lowest BCUT2D eigenvalue weighted by Crippen LogP contribution is -2.36. The minimum Gasteiger partial charge on any atom is -0.477 e. The molecular weight excluding hydrogens is 260 g/mol. The van der Waals surface area contributed by atoms with Crippen LogP contribution < -0.4 is 5.32 Å². The molecule has 2 rings (SSSR count). The summed E-state index contributed by atoms with van der Waals surface area (Å²) in [6, 6.07) is 4.34. The second kappa shape index (κ2) is 5.48. The van der Waals surface area contributed by atoms with E-state index in [1.54, 1.807) is 6.07 Å². The second-order valence-corrected chi connectivity index (χ2v) is 5.32. The molecule has 6 nitrogen and oxygen atoms in total. The number of benzene rings is 1. The van der Waals surface area contributed by atoms with Crippen LogP contribution in [-0.4, -0.2) is 22.5 Å². The molecular formula is C14H18N2O4. The molecule has 2 N–H and O–H groups in total. The first kappa shape index (κ1) is 14.3. The molecule has 0 radical (unpaired) electrons. The van der Waals surface area contributed by atoms with Crippen molar-refractivity contribution in [2.45, 2.75) is 32.6 Å². The van der Waals surface area contributed by atoms with E-state index < -0.39 is 10.9 Å². The third-order valence-electron chi connectivity index (χ3n) is 4.27. The number of carbonyl (C=O) groups is 1. The Morgan fingerprint density at radius 2 is 2.20 bits per heavy atom. The summed E-state index contributed by atoms with van der Waals surface area (Å²) in [6.07, 6.45) is 4.44. The zero-order chi connectivity index (χ0) is 14.8. The van der Waals surface area contributed by atoms with E-state index >= 15 is 0 Å². The fourth-order valence-corrected chi connectivity index (χ4v) is 2.67. The van der Waals surface area contributed by atoms with Crippen molar-refractivity contribution in [3.8, 4) is 0 Å². The molecule has 0 aromatic heterocycles. The van der Waals surface area contributed by atoms with Gasteiger partial charge in [0.1, 0.15) is 11.3 Å². The number of carboxylic acid groups (broad SMARTS) is 1. The van der Waals surface area contributed by atoms with Gasteiger partial charge in [-0.25, -0.2) is 4.79 Å². The van der Waals surface area contributed by atoms with Gasteiger partial charge >= 0.3 is 11.7 Å². The van der Waals surface area contributed by atoms with Gasteiger partial charge in [-0.3, -0.25) is 10.1 Å². The first-order valence-electron chi connectivity index (χ1n) is 6.74. The quantitative estimate of drug-likeness (QED) is 0.615. The van der Waals surface area contributed by atoms with Gasteiger partial charge in [-0.2, -0.15) is 0 Å². The summed E-state index contributed by atoms with van der Waals surface area (Å²) in [5.41, 5.74) is -0.146. The highest BCUT2D eigenvalue weighted by Crippen LogP contribution is 2.44. The summed E-state index contributed by atoms with van der Waals surface area (Å²) in [4.78, 5) is 21.6. The van der Waals surface area contributed by atoms with E-state index in [0.29, 0.717) is 6.54 Å². The number of carboxylic acids is 1. The molecule has 1 aromatic rings. The molecule has 0 saturated heterocycles. The van der Waals surface area contributed by atoms with Gasteiger partial charge in [0.2, 0.25) is 0 Å². The van der Waals surface area contributed by atoms with E-state index in [0.717, 1.165) is 19.3 Å². The number of anilines is 1. The molecule has 0 bridgehead atoms. The van der Waals surface area contributed by atoms with Gasteiger partial charge in [-0.1, -0.05) is 19.4 Å². The minimum absolute atomic E-state index is 0.201. The molecule has 1 saturated carbocycles. The normalized spacial score (nSPS) is 16.2. The Labute approximate surface area is 117 Å². The van der Waals surface area contributed by atoms with Crippen LogP contribution in [0.1, 0.15) is 43.0 Å². The van der Waals surface area contributed by atoms with Crippen LogP contribution in [-0.2, 0) is 0 Å².